The van der Waals surface area contributed by atoms with Crippen molar-refractivity contribution in [2.75, 3.05) is 5.32 Å². The summed E-state index contributed by atoms with van der Waals surface area (Å²) in [6, 6.07) is 13.4. The SMILES string of the molecule is Cc1nn(-c2ccccc2)c(C)c1NC(=O)CCC(=O)c1cccs1. The van der Waals surface area contributed by atoms with Crippen LogP contribution in [-0.4, -0.2) is 21.5 Å². The van der Waals surface area contributed by atoms with Gasteiger partial charge in [-0.15, -0.1) is 11.3 Å². The molecule has 25 heavy (non-hydrogen) atoms. The van der Waals surface area contributed by atoms with Crippen LogP contribution in [0, 0.1) is 13.8 Å². The van der Waals surface area contributed by atoms with Gasteiger partial charge in [0.05, 0.1) is 27.6 Å². The molecule has 5 nitrogen and oxygen atoms in total. The summed E-state index contributed by atoms with van der Waals surface area (Å²) in [4.78, 5) is 24.9. The Balaban J connectivity index is 1.67. The zero-order valence-electron chi connectivity index (χ0n) is 14.2. The number of carbonyl (C=O) groups excluding carboxylic acids is 2. The Bertz CT molecular complexity index is 883. The third kappa shape index (κ3) is 3.85. The number of hydrogen-bond donors (Lipinski definition) is 1. The van der Waals surface area contributed by atoms with E-state index in [2.05, 4.69) is 10.4 Å². The molecule has 128 valence electrons. The fraction of sp³-hybridized carbons (Fsp3) is 0.211. The second-order valence-electron chi connectivity index (χ2n) is 5.74. The average molecular weight is 353 g/mol. The number of aryl methyl sites for hydroxylation is 1. The van der Waals surface area contributed by atoms with Crippen molar-refractivity contribution in [3.8, 4) is 5.69 Å². The molecule has 0 bridgehead atoms. The maximum atomic E-state index is 12.2. The van der Waals surface area contributed by atoms with E-state index >= 15 is 0 Å². The first-order valence-electron chi connectivity index (χ1n) is 8.04. The van der Waals surface area contributed by atoms with Gasteiger partial charge in [0.1, 0.15) is 0 Å². The van der Waals surface area contributed by atoms with Gasteiger partial charge < -0.3 is 5.32 Å². The van der Waals surface area contributed by atoms with Crippen LogP contribution in [0.25, 0.3) is 5.69 Å². The van der Waals surface area contributed by atoms with Crippen molar-refractivity contribution in [2.24, 2.45) is 0 Å². The molecule has 0 aliphatic rings. The summed E-state index contributed by atoms with van der Waals surface area (Å²) < 4.78 is 1.81. The van der Waals surface area contributed by atoms with Crippen LogP contribution in [0.1, 0.15) is 33.9 Å². The van der Waals surface area contributed by atoms with E-state index in [-0.39, 0.29) is 24.5 Å². The van der Waals surface area contributed by atoms with Crippen molar-refractivity contribution in [3.63, 3.8) is 0 Å². The second kappa shape index (κ2) is 7.44. The molecule has 0 atom stereocenters. The molecular formula is C19H19N3O2S. The number of nitrogens with zero attached hydrogens (tertiary/aromatic N) is 2. The number of hydrogen-bond acceptors (Lipinski definition) is 4. The van der Waals surface area contributed by atoms with Crippen LogP contribution in [-0.2, 0) is 4.79 Å². The number of ketones is 1. The molecule has 2 heterocycles. The van der Waals surface area contributed by atoms with Gasteiger partial charge in [0, 0.05) is 12.8 Å². The minimum Gasteiger partial charge on any atom is -0.323 e. The van der Waals surface area contributed by atoms with Gasteiger partial charge in [-0.05, 0) is 37.4 Å². The van der Waals surface area contributed by atoms with Crippen LogP contribution in [0.2, 0.25) is 0 Å². The fourth-order valence-corrected chi connectivity index (χ4v) is 3.33. The number of benzene rings is 1. The molecule has 1 N–H and O–H groups in total. The number of anilines is 1. The summed E-state index contributed by atoms with van der Waals surface area (Å²) in [5.74, 6) is -0.178. The van der Waals surface area contributed by atoms with E-state index in [4.69, 9.17) is 0 Å². The first-order chi connectivity index (χ1) is 12.1. The van der Waals surface area contributed by atoms with Crippen molar-refractivity contribution in [2.45, 2.75) is 26.7 Å². The molecular weight excluding hydrogens is 334 g/mol. The molecule has 0 aliphatic carbocycles. The van der Waals surface area contributed by atoms with Gasteiger partial charge in [-0.2, -0.15) is 5.10 Å². The number of nitrogens with one attached hydrogen (secondary N) is 1. The van der Waals surface area contributed by atoms with E-state index in [1.165, 1.54) is 11.3 Å². The summed E-state index contributed by atoms with van der Waals surface area (Å²) in [6.07, 6.45) is 0.364. The highest BCUT2D eigenvalue weighted by molar-refractivity contribution is 7.12. The predicted octanol–water partition coefficient (Wildman–Crippen LogP) is 4.15. The van der Waals surface area contributed by atoms with Gasteiger partial charge >= 0.3 is 0 Å². The largest absolute Gasteiger partial charge is 0.323 e. The molecule has 2 aromatic heterocycles. The minimum atomic E-state index is -0.177. The van der Waals surface area contributed by atoms with Crippen LogP contribution in [0.15, 0.2) is 47.8 Å². The van der Waals surface area contributed by atoms with Crippen LogP contribution in [0.3, 0.4) is 0 Å². The van der Waals surface area contributed by atoms with Crippen molar-refractivity contribution in [3.05, 3.63) is 64.1 Å². The molecule has 6 heteroatoms. The van der Waals surface area contributed by atoms with Crippen molar-refractivity contribution >= 4 is 28.7 Å². The lowest BCUT2D eigenvalue weighted by atomic mass is 10.2. The smallest absolute Gasteiger partial charge is 0.224 e. The number of para-hydroxylation sites is 1. The summed E-state index contributed by atoms with van der Waals surface area (Å²) in [6.45, 7) is 3.78. The third-order valence-corrected chi connectivity index (χ3v) is 4.84. The fourth-order valence-electron chi connectivity index (χ4n) is 2.63. The lowest BCUT2D eigenvalue weighted by Crippen LogP contribution is -2.14. The van der Waals surface area contributed by atoms with E-state index in [9.17, 15) is 9.59 Å². The molecule has 0 spiro atoms. The van der Waals surface area contributed by atoms with E-state index in [1.54, 1.807) is 6.07 Å². The highest BCUT2D eigenvalue weighted by Gasteiger charge is 2.16. The van der Waals surface area contributed by atoms with Gasteiger partial charge in [0.15, 0.2) is 5.78 Å². The average Bonchev–Trinajstić information content (AvgIpc) is 3.25. The lowest BCUT2D eigenvalue weighted by molar-refractivity contribution is -0.116. The molecule has 1 aromatic carbocycles. The number of amides is 1. The molecule has 3 aromatic rings. The molecule has 0 aliphatic heterocycles. The Kier molecular flexibility index (Phi) is 5.09. The van der Waals surface area contributed by atoms with Gasteiger partial charge in [0.25, 0.3) is 0 Å². The number of Topliss-reactive ketones (excluding diaryl/α,β-unsaturated/α-hetero) is 1. The first kappa shape index (κ1) is 17.1. The topological polar surface area (TPSA) is 64.0 Å². The molecule has 1 amide bonds. The molecule has 0 unspecified atom stereocenters. The quantitative estimate of drug-likeness (QED) is 0.677. The summed E-state index contributed by atoms with van der Waals surface area (Å²) in [5.41, 5.74) is 3.26. The molecule has 0 radical (unpaired) electrons. The normalized spacial score (nSPS) is 10.6. The number of aromatic nitrogens is 2. The first-order valence-corrected chi connectivity index (χ1v) is 8.92. The number of thiophene rings is 1. The monoisotopic (exact) mass is 353 g/mol. The summed E-state index contributed by atoms with van der Waals surface area (Å²) in [5, 5.41) is 9.26. The van der Waals surface area contributed by atoms with E-state index in [0.29, 0.717) is 10.6 Å². The molecule has 0 fully saturated rings. The zero-order valence-corrected chi connectivity index (χ0v) is 15.0. The highest BCUT2D eigenvalue weighted by Crippen LogP contribution is 2.23. The van der Waals surface area contributed by atoms with Crippen LogP contribution >= 0.6 is 11.3 Å². The maximum absolute atomic E-state index is 12.2. The predicted molar refractivity (Wildman–Crippen MR) is 99.6 cm³/mol. The van der Waals surface area contributed by atoms with Crippen LogP contribution in [0.4, 0.5) is 5.69 Å². The van der Waals surface area contributed by atoms with Gasteiger partial charge in [-0.1, -0.05) is 24.3 Å². The summed E-state index contributed by atoms with van der Waals surface area (Å²) >= 11 is 1.40. The Morgan fingerprint density at radius 1 is 1.08 bits per heavy atom. The maximum Gasteiger partial charge on any atom is 0.224 e. The molecule has 0 saturated heterocycles. The minimum absolute atomic E-state index is 0.00132. The van der Waals surface area contributed by atoms with E-state index in [1.807, 2.05) is 60.3 Å². The van der Waals surface area contributed by atoms with E-state index < -0.39 is 0 Å². The molecule has 0 saturated carbocycles. The number of rotatable bonds is 6. The molecule has 3 rings (SSSR count). The van der Waals surface area contributed by atoms with Gasteiger partial charge in [0.2, 0.25) is 5.91 Å². The van der Waals surface area contributed by atoms with Crippen molar-refractivity contribution < 1.29 is 9.59 Å². The van der Waals surface area contributed by atoms with Crippen molar-refractivity contribution in [1.82, 2.24) is 9.78 Å². The van der Waals surface area contributed by atoms with Gasteiger partial charge in [-0.3, -0.25) is 9.59 Å². The highest BCUT2D eigenvalue weighted by atomic mass is 32.1. The van der Waals surface area contributed by atoms with E-state index in [0.717, 1.165) is 17.1 Å². The van der Waals surface area contributed by atoms with Crippen LogP contribution in [0.5, 0.6) is 0 Å². The van der Waals surface area contributed by atoms with Gasteiger partial charge in [-0.25, -0.2) is 4.68 Å². The Morgan fingerprint density at radius 3 is 2.52 bits per heavy atom. The third-order valence-electron chi connectivity index (χ3n) is 3.93. The second-order valence-corrected chi connectivity index (χ2v) is 6.69. The Morgan fingerprint density at radius 2 is 1.84 bits per heavy atom. The lowest BCUT2D eigenvalue weighted by Gasteiger charge is -2.07. The number of carbonyl (C=O) groups is 2. The zero-order chi connectivity index (χ0) is 17.8. The standard InChI is InChI=1S/C19H19N3O2S/c1-13-19(14(2)22(21-13)15-7-4-3-5-8-15)20-18(24)11-10-16(23)17-9-6-12-25-17/h3-9,12H,10-11H2,1-2H3,(H,20,24). The summed E-state index contributed by atoms with van der Waals surface area (Å²) in [7, 11) is 0. The van der Waals surface area contributed by atoms with Crippen LogP contribution < -0.4 is 5.32 Å². The van der Waals surface area contributed by atoms with Crippen molar-refractivity contribution in [1.29, 1.82) is 0 Å². The Hall–Kier alpha value is -2.73. The Labute approximate surface area is 150 Å².